The first kappa shape index (κ1) is 18.4. The Hall–Kier alpha value is -0.680. The van der Waals surface area contributed by atoms with Crippen LogP contribution in [0, 0.1) is 0 Å². The summed E-state index contributed by atoms with van der Waals surface area (Å²) in [6.45, 7) is 0. The molecule has 7 nitrogen and oxygen atoms in total. The van der Waals surface area contributed by atoms with Gasteiger partial charge in [-0.05, 0) is 24.3 Å². The number of hydrogen-bond donors (Lipinski definition) is 0. The summed E-state index contributed by atoms with van der Waals surface area (Å²) in [7, 11) is -3.74. The maximum absolute atomic E-state index is 11.9. The van der Waals surface area contributed by atoms with Gasteiger partial charge in [-0.1, -0.05) is 0 Å². The molecule has 0 fully saturated rings. The predicted octanol–water partition coefficient (Wildman–Crippen LogP) is 0.279. The molecule has 11 heteroatoms. The lowest BCUT2D eigenvalue weighted by molar-refractivity contribution is 0.520. The van der Waals surface area contributed by atoms with E-state index in [9.17, 15) is 25.3 Å². The van der Waals surface area contributed by atoms with Gasteiger partial charge in [-0.15, -0.1) is 0 Å². The molecule has 0 aliphatic rings. The molecule has 0 atom stereocenters. The first-order chi connectivity index (χ1) is 9.36. The summed E-state index contributed by atoms with van der Waals surface area (Å²) in [5.41, 5.74) is 0. The van der Waals surface area contributed by atoms with Gasteiger partial charge < -0.3 is 0 Å². The molecule has 0 spiro atoms. The molecule has 0 bridgehead atoms. The minimum absolute atomic E-state index is 0.0589. The topological polar surface area (TPSA) is 106 Å². The fourth-order valence-electron chi connectivity index (χ4n) is 1.36. The first-order valence-corrected chi connectivity index (χ1v) is 11.1. The van der Waals surface area contributed by atoms with Crippen LogP contribution in [-0.2, 0) is 28.9 Å². The average Bonchev–Trinajstić information content (AvgIpc) is 2.36. The second-order valence-electron chi connectivity index (χ2n) is 4.32. The van der Waals surface area contributed by atoms with E-state index in [1.807, 2.05) is 0 Å². The van der Waals surface area contributed by atoms with Crippen molar-refractivity contribution in [2.24, 2.45) is 0 Å². The van der Waals surface area contributed by atoms with E-state index in [-0.39, 0.29) is 9.79 Å². The highest BCUT2D eigenvalue weighted by Crippen LogP contribution is 2.18. The molecule has 1 aromatic rings. The van der Waals surface area contributed by atoms with Crippen LogP contribution in [0.2, 0.25) is 0 Å². The highest BCUT2D eigenvalue weighted by Gasteiger charge is 2.21. The molecule has 0 radical (unpaired) electrons. The van der Waals surface area contributed by atoms with Crippen LogP contribution >= 0.6 is 10.7 Å². The van der Waals surface area contributed by atoms with Crippen molar-refractivity contribution in [2.45, 2.75) is 9.79 Å². The van der Waals surface area contributed by atoms with E-state index in [0.717, 1.165) is 28.6 Å². The smallest absolute Gasteiger partial charge is 0.224 e. The molecule has 120 valence electrons. The van der Waals surface area contributed by atoms with Crippen molar-refractivity contribution in [3.05, 3.63) is 24.3 Å². The maximum Gasteiger partial charge on any atom is 0.242 e. The molecule has 0 saturated carbocycles. The molecule has 21 heavy (non-hydrogen) atoms. The molecule has 0 heterocycles. The van der Waals surface area contributed by atoms with Gasteiger partial charge in [0.2, 0.25) is 19.1 Å². The van der Waals surface area contributed by atoms with Crippen LogP contribution in [0.5, 0.6) is 0 Å². The van der Waals surface area contributed by atoms with Gasteiger partial charge in [-0.2, -0.15) is 0 Å². The number of halogens is 1. The lowest BCUT2D eigenvalue weighted by Crippen LogP contribution is -2.22. The van der Waals surface area contributed by atoms with Crippen LogP contribution in [-0.4, -0.2) is 55.2 Å². The van der Waals surface area contributed by atoms with Gasteiger partial charge in [0.25, 0.3) is 0 Å². The van der Waals surface area contributed by atoms with Crippen LogP contribution in [0.15, 0.2) is 34.1 Å². The Morgan fingerprint density at radius 1 is 0.857 bits per heavy atom. The van der Waals surface area contributed by atoms with E-state index in [1.165, 1.54) is 14.1 Å². The largest absolute Gasteiger partial charge is 0.242 e. The zero-order valence-electron chi connectivity index (χ0n) is 11.2. The summed E-state index contributed by atoms with van der Waals surface area (Å²) >= 11 is 0. The normalized spacial score (nSPS) is 13.5. The molecular formula is C10H14ClNO6S3. The number of nitrogens with zero attached hydrogens (tertiary/aromatic N) is 1. The Bertz CT molecular complexity index is 810. The Kier molecular flexibility index (Phi) is 5.43. The molecule has 0 aliphatic carbocycles. The van der Waals surface area contributed by atoms with Crippen molar-refractivity contribution >= 4 is 39.6 Å². The highest BCUT2D eigenvalue weighted by atomic mass is 35.7. The Morgan fingerprint density at radius 3 is 1.67 bits per heavy atom. The van der Waals surface area contributed by atoms with Gasteiger partial charge >= 0.3 is 0 Å². The van der Waals surface area contributed by atoms with Crippen molar-refractivity contribution in [1.29, 1.82) is 0 Å². The van der Waals surface area contributed by atoms with Gasteiger partial charge in [0, 0.05) is 24.8 Å². The second-order valence-corrected chi connectivity index (χ2v) is 11.5. The third-order valence-electron chi connectivity index (χ3n) is 2.56. The molecule has 0 aromatic heterocycles. The van der Waals surface area contributed by atoms with Crippen LogP contribution in [0.25, 0.3) is 0 Å². The molecule has 0 saturated heterocycles. The van der Waals surface area contributed by atoms with E-state index in [4.69, 9.17) is 10.7 Å². The summed E-state index contributed by atoms with van der Waals surface area (Å²) < 4.78 is 70.0. The lowest BCUT2D eigenvalue weighted by Gasteiger charge is -2.11. The number of rotatable bonds is 6. The van der Waals surface area contributed by atoms with Crippen LogP contribution in [0.4, 0.5) is 0 Å². The minimum Gasteiger partial charge on any atom is -0.224 e. The van der Waals surface area contributed by atoms with Crippen LogP contribution < -0.4 is 0 Å². The van der Waals surface area contributed by atoms with E-state index in [1.54, 1.807) is 0 Å². The van der Waals surface area contributed by atoms with Gasteiger partial charge in [0.1, 0.15) is 0 Å². The predicted molar refractivity (Wildman–Crippen MR) is 79.0 cm³/mol. The monoisotopic (exact) mass is 375 g/mol. The molecule has 0 N–H and O–H groups in total. The number of benzene rings is 1. The summed E-state index contributed by atoms with van der Waals surface area (Å²) in [5.74, 6) is -1.38. The quantitative estimate of drug-likeness (QED) is 0.661. The summed E-state index contributed by atoms with van der Waals surface area (Å²) in [6.07, 6.45) is 0. The van der Waals surface area contributed by atoms with Gasteiger partial charge in [0.05, 0.1) is 21.3 Å². The third kappa shape index (κ3) is 4.92. The van der Waals surface area contributed by atoms with Gasteiger partial charge in [-0.3, -0.25) is 0 Å². The second kappa shape index (κ2) is 6.21. The first-order valence-electron chi connectivity index (χ1n) is 5.54. The molecule has 0 aliphatic heterocycles. The molecule has 0 amide bonds. The molecular weight excluding hydrogens is 362 g/mol. The van der Waals surface area contributed by atoms with E-state index >= 15 is 0 Å². The Labute approximate surface area is 128 Å². The molecule has 1 rings (SSSR count). The SMILES string of the molecule is CN(C)S(=O)(=O)c1ccc(S(=O)(=O)CCS(=O)(=O)Cl)cc1. The summed E-state index contributed by atoms with van der Waals surface area (Å²) in [4.78, 5) is -0.225. The summed E-state index contributed by atoms with van der Waals surface area (Å²) in [5, 5.41) is 0. The standard InChI is InChI=1S/C10H14ClNO6S3/c1-12(2)21(17,18)10-5-3-9(4-6-10)19(13,14)7-8-20(11,15)16/h3-6H,7-8H2,1-2H3. The maximum atomic E-state index is 11.9. The van der Waals surface area contributed by atoms with Crippen molar-refractivity contribution in [1.82, 2.24) is 4.31 Å². The number of sulfonamides is 1. The van der Waals surface area contributed by atoms with E-state index in [2.05, 4.69) is 0 Å². The Morgan fingerprint density at radius 2 is 1.29 bits per heavy atom. The minimum atomic E-state index is -3.92. The molecule has 0 unspecified atom stereocenters. The molecule has 1 aromatic carbocycles. The average molecular weight is 376 g/mol. The van der Waals surface area contributed by atoms with Gasteiger partial charge in [0.15, 0.2) is 9.84 Å². The number of hydrogen-bond acceptors (Lipinski definition) is 6. The van der Waals surface area contributed by atoms with Crippen LogP contribution in [0.1, 0.15) is 0 Å². The fourth-order valence-corrected chi connectivity index (χ4v) is 5.29. The van der Waals surface area contributed by atoms with Crippen molar-refractivity contribution in [3.8, 4) is 0 Å². The zero-order valence-corrected chi connectivity index (χ0v) is 14.4. The van der Waals surface area contributed by atoms with E-state index < -0.39 is 40.4 Å². The third-order valence-corrected chi connectivity index (χ3v) is 7.53. The lowest BCUT2D eigenvalue weighted by atomic mass is 10.4. The van der Waals surface area contributed by atoms with Crippen LogP contribution in [0.3, 0.4) is 0 Å². The fraction of sp³-hybridized carbons (Fsp3) is 0.400. The van der Waals surface area contributed by atoms with Crippen molar-refractivity contribution in [3.63, 3.8) is 0 Å². The number of sulfone groups is 1. The van der Waals surface area contributed by atoms with E-state index in [0.29, 0.717) is 0 Å². The highest BCUT2D eigenvalue weighted by molar-refractivity contribution is 8.14. The van der Waals surface area contributed by atoms with Crippen molar-refractivity contribution < 1.29 is 25.3 Å². The Balaban J connectivity index is 3.08. The zero-order chi connectivity index (χ0) is 16.5. The van der Waals surface area contributed by atoms with Gasteiger partial charge in [-0.25, -0.2) is 29.6 Å². The summed E-state index contributed by atoms with van der Waals surface area (Å²) in [6, 6.07) is 4.54. The van der Waals surface area contributed by atoms with Crippen molar-refractivity contribution in [2.75, 3.05) is 25.6 Å².